The molecule has 1 atom stereocenters. The smallest absolute Gasteiger partial charge is 0.308 e. The van der Waals surface area contributed by atoms with E-state index in [0.717, 1.165) is 12.3 Å². The molecule has 1 rings (SSSR count). The van der Waals surface area contributed by atoms with Crippen LogP contribution in [-0.2, 0) is 4.79 Å². The van der Waals surface area contributed by atoms with Crippen LogP contribution in [0.25, 0.3) is 0 Å². The average molecular weight is 281 g/mol. The third kappa shape index (κ3) is 3.50. The highest BCUT2D eigenvalue weighted by Gasteiger charge is 2.22. The average Bonchev–Trinajstić information content (AvgIpc) is 2.37. The Morgan fingerprint density at radius 3 is 2.65 bits per heavy atom. The summed E-state index contributed by atoms with van der Waals surface area (Å²) < 4.78 is 0. The first-order chi connectivity index (χ1) is 9.23. The fourth-order valence-electron chi connectivity index (χ4n) is 1.62. The Morgan fingerprint density at radius 2 is 2.15 bits per heavy atom. The first kappa shape index (κ1) is 15.5. The van der Waals surface area contributed by atoms with Crippen molar-refractivity contribution < 1.29 is 19.6 Å². The highest BCUT2D eigenvalue weighted by atomic mass is 16.6. The van der Waals surface area contributed by atoms with Gasteiger partial charge in [-0.05, 0) is 6.92 Å². The lowest BCUT2D eigenvalue weighted by Gasteiger charge is -2.20. The molecule has 8 nitrogen and oxygen atoms in total. The van der Waals surface area contributed by atoms with Gasteiger partial charge in [0, 0.05) is 19.7 Å². The minimum absolute atomic E-state index is 0.0102. The number of carboxylic acids is 1. The second kappa shape index (κ2) is 6.09. The monoisotopic (exact) mass is 281 g/mol. The Hall–Kier alpha value is -2.51. The highest BCUT2D eigenvalue weighted by molar-refractivity contribution is 5.95. The predicted molar refractivity (Wildman–Crippen MR) is 69.4 cm³/mol. The third-order valence-corrected chi connectivity index (χ3v) is 2.83. The molecule has 0 radical (unpaired) electrons. The molecule has 0 spiro atoms. The second-order valence-corrected chi connectivity index (χ2v) is 4.51. The molecule has 0 aromatic carbocycles. The Balaban J connectivity index is 2.99. The molecule has 0 aliphatic rings. The van der Waals surface area contributed by atoms with Gasteiger partial charge in [0.1, 0.15) is 6.20 Å². The van der Waals surface area contributed by atoms with E-state index in [-0.39, 0.29) is 17.8 Å². The number of pyridine rings is 1. The number of nitro groups is 1. The summed E-state index contributed by atoms with van der Waals surface area (Å²) in [5.41, 5.74) is 0.174. The van der Waals surface area contributed by atoms with Crippen LogP contribution in [0, 0.1) is 23.0 Å². The van der Waals surface area contributed by atoms with Gasteiger partial charge in [-0.15, -0.1) is 0 Å². The fraction of sp³-hybridized carbons (Fsp3) is 0.417. The van der Waals surface area contributed by atoms with Crippen molar-refractivity contribution in [2.45, 2.75) is 13.8 Å². The van der Waals surface area contributed by atoms with E-state index in [1.807, 2.05) is 0 Å². The van der Waals surface area contributed by atoms with Crippen molar-refractivity contribution >= 4 is 17.6 Å². The predicted octanol–water partition coefficient (Wildman–Crippen LogP) is 1.09. The van der Waals surface area contributed by atoms with Gasteiger partial charge in [-0.3, -0.25) is 24.7 Å². The number of aryl methyl sites for hydroxylation is 1. The van der Waals surface area contributed by atoms with Crippen molar-refractivity contribution in [3.8, 4) is 0 Å². The highest BCUT2D eigenvalue weighted by Crippen LogP contribution is 2.16. The molecule has 0 bridgehead atoms. The van der Waals surface area contributed by atoms with Gasteiger partial charge in [-0.1, -0.05) is 6.92 Å². The lowest BCUT2D eigenvalue weighted by molar-refractivity contribution is -0.385. The van der Waals surface area contributed by atoms with Crippen molar-refractivity contribution in [3.05, 3.63) is 33.6 Å². The Kier molecular flexibility index (Phi) is 4.73. The molecule has 1 aromatic rings. The van der Waals surface area contributed by atoms with Gasteiger partial charge in [-0.25, -0.2) is 0 Å². The van der Waals surface area contributed by atoms with Gasteiger partial charge in [-0.2, -0.15) is 0 Å². The number of rotatable bonds is 5. The van der Waals surface area contributed by atoms with Crippen LogP contribution < -0.4 is 0 Å². The van der Waals surface area contributed by atoms with Crippen LogP contribution in [0.1, 0.15) is 23.0 Å². The van der Waals surface area contributed by atoms with E-state index < -0.39 is 22.7 Å². The maximum atomic E-state index is 12.2. The summed E-state index contributed by atoms with van der Waals surface area (Å²) in [6, 6.07) is 1.15. The largest absolute Gasteiger partial charge is 0.481 e. The van der Waals surface area contributed by atoms with Gasteiger partial charge < -0.3 is 10.0 Å². The number of hydrogen-bond donors (Lipinski definition) is 1. The molecule has 0 aliphatic carbocycles. The Labute approximate surface area is 115 Å². The van der Waals surface area contributed by atoms with Crippen LogP contribution in [0.3, 0.4) is 0 Å². The van der Waals surface area contributed by atoms with E-state index >= 15 is 0 Å². The van der Waals surface area contributed by atoms with E-state index in [1.54, 1.807) is 6.92 Å². The number of amides is 1. The molecule has 1 aromatic heterocycles. The van der Waals surface area contributed by atoms with E-state index in [0.29, 0.717) is 5.69 Å². The lowest BCUT2D eigenvalue weighted by Crippen LogP contribution is -2.34. The summed E-state index contributed by atoms with van der Waals surface area (Å²) in [5, 5.41) is 19.5. The van der Waals surface area contributed by atoms with E-state index in [1.165, 1.54) is 18.9 Å². The third-order valence-electron chi connectivity index (χ3n) is 2.83. The first-order valence-corrected chi connectivity index (χ1v) is 5.83. The van der Waals surface area contributed by atoms with E-state index in [4.69, 9.17) is 5.11 Å². The maximum absolute atomic E-state index is 12.2. The molecule has 0 fully saturated rings. The number of carboxylic acid groups (broad SMARTS) is 1. The summed E-state index contributed by atoms with van der Waals surface area (Å²) in [5.74, 6) is -2.23. The van der Waals surface area contributed by atoms with Gasteiger partial charge in [0.15, 0.2) is 0 Å². The van der Waals surface area contributed by atoms with Crippen molar-refractivity contribution in [1.29, 1.82) is 0 Å². The Morgan fingerprint density at radius 1 is 1.55 bits per heavy atom. The molecule has 0 saturated heterocycles. The van der Waals surface area contributed by atoms with Crippen LogP contribution in [0.4, 0.5) is 5.69 Å². The van der Waals surface area contributed by atoms with E-state index in [9.17, 15) is 19.7 Å². The molecular weight excluding hydrogens is 266 g/mol. The van der Waals surface area contributed by atoms with E-state index in [2.05, 4.69) is 4.98 Å². The molecule has 1 N–H and O–H groups in total. The first-order valence-electron chi connectivity index (χ1n) is 5.83. The summed E-state index contributed by atoms with van der Waals surface area (Å²) in [6.45, 7) is 3.05. The number of aliphatic carboxylic acids is 1. The second-order valence-electron chi connectivity index (χ2n) is 4.51. The van der Waals surface area contributed by atoms with Gasteiger partial charge in [0.25, 0.3) is 11.6 Å². The molecule has 0 aliphatic heterocycles. The summed E-state index contributed by atoms with van der Waals surface area (Å²) in [6.07, 6.45) is 1.08. The Bertz CT molecular complexity index is 558. The molecule has 1 amide bonds. The van der Waals surface area contributed by atoms with Crippen LogP contribution in [-0.4, -0.2) is 45.4 Å². The lowest BCUT2D eigenvalue weighted by atomic mass is 10.1. The summed E-state index contributed by atoms with van der Waals surface area (Å²) in [7, 11) is 1.44. The zero-order chi connectivity index (χ0) is 15.4. The quantitative estimate of drug-likeness (QED) is 0.638. The molecule has 20 heavy (non-hydrogen) atoms. The van der Waals surface area contributed by atoms with Gasteiger partial charge in [0.2, 0.25) is 0 Å². The molecule has 1 unspecified atom stereocenters. The number of carbonyl (C=O) groups excluding carboxylic acids is 1. The maximum Gasteiger partial charge on any atom is 0.308 e. The van der Waals surface area contributed by atoms with Gasteiger partial charge >= 0.3 is 5.97 Å². The number of nitrogens with zero attached hydrogens (tertiary/aromatic N) is 3. The molecular formula is C12H15N3O5. The van der Waals surface area contributed by atoms with Crippen molar-refractivity contribution in [3.63, 3.8) is 0 Å². The fourth-order valence-corrected chi connectivity index (χ4v) is 1.62. The zero-order valence-corrected chi connectivity index (χ0v) is 11.4. The zero-order valence-electron chi connectivity index (χ0n) is 11.4. The minimum atomic E-state index is -1.02. The van der Waals surface area contributed by atoms with Crippen molar-refractivity contribution in [1.82, 2.24) is 9.88 Å². The van der Waals surface area contributed by atoms with Crippen molar-refractivity contribution in [2.75, 3.05) is 13.6 Å². The summed E-state index contributed by atoms with van der Waals surface area (Å²) in [4.78, 5) is 38.0. The standard InChI is InChI=1S/C12H15N3O5/c1-7(12(17)18)6-14(3)11(16)10-4-9(15(19)20)5-13-8(10)2/h4-5,7H,6H2,1-3H3,(H,17,18). The van der Waals surface area contributed by atoms with Crippen LogP contribution in [0.15, 0.2) is 12.3 Å². The van der Waals surface area contributed by atoms with Crippen LogP contribution in [0.2, 0.25) is 0 Å². The normalized spacial score (nSPS) is 11.8. The molecule has 1 heterocycles. The number of aromatic nitrogens is 1. The van der Waals surface area contributed by atoms with Gasteiger partial charge in [0.05, 0.1) is 22.1 Å². The molecule has 108 valence electrons. The van der Waals surface area contributed by atoms with Crippen LogP contribution in [0.5, 0.6) is 0 Å². The minimum Gasteiger partial charge on any atom is -0.481 e. The molecule has 8 heteroatoms. The number of hydrogen-bond acceptors (Lipinski definition) is 5. The van der Waals surface area contributed by atoms with Crippen molar-refractivity contribution in [2.24, 2.45) is 5.92 Å². The number of carbonyl (C=O) groups is 2. The SMILES string of the molecule is Cc1ncc([N+](=O)[O-])cc1C(=O)N(C)CC(C)C(=O)O. The summed E-state index contributed by atoms with van der Waals surface area (Å²) >= 11 is 0. The topological polar surface area (TPSA) is 114 Å². The van der Waals surface area contributed by atoms with Crippen LogP contribution >= 0.6 is 0 Å². The molecule has 0 saturated carbocycles.